The van der Waals surface area contributed by atoms with E-state index in [1.54, 1.807) is 0 Å². The van der Waals surface area contributed by atoms with Crippen molar-refractivity contribution >= 4 is 34.5 Å². The van der Waals surface area contributed by atoms with E-state index in [-0.39, 0.29) is 18.9 Å². The van der Waals surface area contributed by atoms with Crippen LogP contribution in [0.3, 0.4) is 0 Å². The molecule has 0 fully saturated rings. The number of hydrogen-bond acceptors (Lipinski definition) is 4. The molecule has 100 valence electrons. The average Bonchev–Trinajstić information content (AvgIpc) is 1.72. The molecule has 0 amide bonds. The summed E-state index contributed by atoms with van der Waals surface area (Å²) in [5.41, 5.74) is 0. The van der Waals surface area contributed by atoms with Gasteiger partial charge in [0.25, 0.3) is 0 Å². The van der Waals surface area contributed by atoms with Crippen LogP contribution in [0.4, 0.5) is 22.0 Å². The molecular weight excluding hydrogens is 300 g/mol. The summed E-state index contributed by atoms with van der Waals surface area (Å²) in [4.78, 5) is 24.0. The molecule has 0 radical (unpaired) electrons. The summed E-state index contributed by atoms with van der Waals surface area (Å²) < 4.78 is 83.6. The monoisotopic (exact) mass is 304 g/mol. The van der Waals surface area contributed by atoms with E-state index in [4.69, 9.17) is 14.7 Å². The van der Waals surface area contributed by atoms with Crippen LogP contribution in [0.1, 0.15) is 0 Å². The van der Waals surface area contributed by atoms with E-state index in [2.05, 4.69) is 8.83 Å². The predicted octanol–water partition coefficient (Wildman–Crippen LogP) is 0.719. The molecule has 1 atom stereocenters. The van der Waals surface area contributed by atoms with Crippen LogP contribution in [-0.4, -0.2) is 45.8 Å². The second-order valence-electron chi connectivity index (χ2n) is 2.15. The first-order chi connectivity index (χ1) is 6.66. The zero-order valence-corrected chi connectivity index (χ0v) is 8.55. The van der Waals surface area contributed by atoms with Crippen molar-refractivity contribution in [2.45, 2.75) is 12.3 Å². The van der Waals surface area contributed by atoms with Gasteiger partial charge in [-0.1, -0.05) is 0 Å². The van der Waals surface area contributed by atoms with Crippen LogP contribution >= 0.6 is 15.6 Å². The fourth-order valence-electron chi connectivity index (χ4n) is 0.348. The van der Waals surface area contributed by atoms with Gasteiger partial charge in [0.1, 0.15) is 0 Å². The molecule has 3 N–H and O–H groups in total. The van der Waals surface area contributed by atoms with Crippen LogP contribution in [0.5, 0.6) is 0 Å². The van der Waals surface area contributed by atoms with E-state index < -0.39 is 27.9 Å². The van der Waals surface area contributed by atoms with Gasteiger partial charge in [-0.05, 0) is 0 Å². The topological polar surface area (TPSA) is 113 Å². The molecule has 17 heavy (non-hydrogen) atoms. The van der Waals surface area contributed by atoms with E-state index in [0.717, 1.165) is 0 Å². The molecule has 0 heterocycles. The van der Waals surface area contributed by atoms with Crippen molar-refractivity contribution in [2.75, 3.05) is 0 Å². The second kappa shape index (κ2) is 5.65. The number of phosphoric acid groups is 2. The van der Waals surface area contributed by atoms with Crippen molar-refractivity contribution < 1.29 is 54.6 Å². The third-order valence-corrected chi connectivity index (χ3v) is 2.91. The maximum absolute atomic E-state index is 12.0. The van der Waals surface area contributed by atoms with Crippen LogP contribution in [0, 0.1) is 0 Å². The molecule has 0 saturated heterocycles. The molecule has 0 bridgehead atoms. The first-order valence-electron chi connectivity index (χ1n) is 2.91. The van der Waals surface area contributed by atoms with Crippen molar-refractivity contribution in [1.29, 1.82) is 0 Å². The molecule has 0 rings (SSSR count). The van der Waals surface area contributed by atoms with E-state index in [1.807, 2.05) is 0 Å². The fraction of sp³-hybridized carbons (Fsp3) is 1.00. The Morgan fingerprint density at radius 2 is 1.29 bits per heavy atom. The molecule has 15 heteroatoms. The molecule has 0 aliphatic rings. The van der Waals surface area contributed by atoms with Crippen LogP contribution in [0.2, 0.25) is 0 Å². The average molecular weight is 304 g/mol. The summed E-state index contributed by atoms with van der Waals surface area (Å²) in [6.45, 7) is 0. The van der Waals surface area contributed by atoms with Crippen LogP contribution in [0.15, 0.2) is 0 Å². The molecule has 0 aromatic carbocycles. The van der Waals surface area contributed by atoms with E-state index in [1.165, 1.54) is 0 Å². The summed E-state index contributed by atoms with van der Waals surface area (Å²) in [5, 5.41) is 0. The Labute approximate surface area is 102 Å². The number of rotatable bonds is 4. The van der Waals surface area contributed by atoms with Crippen molar-refractivity contribution in [1.82, 2.24) is 0 Å². The number of hydrogen-bond donors (Lipinski definition) is 3. The molecule has 0 saturated carbocycles. The molecule has 7 nitrogen and oxygen atoms in total. The van der Waals surface area contributed by atoms with Gasteiger partial charge in [0.2, 0.25) is 0 Å². The summed E-state index contributed by atoms with van der Waals surface area (Å²) in [5.74, 6) is 0. The molecule has 1 unspecified atom stereocenters. The minimum atomic E-state index is -6.34. The van der Waals surface area contributed by atoms with Gasteiger partial charge in [-0.25, -0.2) is 13.7 Å². The fourth-order valence-corrected chi connectivity index (χ4v) is 1.95. The molecule has 0 spiro atoms. The SMILES string of the molecule is O=P(O)(O)OP(=O)(O)OC(F)(F)C(F)(F)F.[LiH]. The Morgan fingerprint density at radius 3 is 1.53 bits per heavy atom. The summed E-state index contributed by atoms with van der Waals surface area (Å²) in [6, 6.07) is 0. The van der Waals surface area contributed by atoms with Gasteiger partial charge in [-0.15, -0.1) is 0 Å². The van der Waals surface area contributed by atoms with Gasteiger partial charge in [0.15, 0.2) is 0 Å². The van der Waals surface area contributed by atoms with Crippen molar-refractivity contribution in [3.05, 3.63) is 0 Å². The second-order valence-corrected chi connectivity index (χ2v) is 4.90. The molecule has 0 aromatic rings. The zero-order chi connectivity index (χ0) is 13.4. The van der Waals surface area contributed by atoms with Crippen LogP contribution in [0.25, 0.3) is 0 Å². The third-order valence-electron chi connectivity index (χ3n) is 0.770. The van der Waals surface area contributed by atoms with Gasteiger partial charge >= 0.3 is 46.8 Å². The van der Waals surface area contributed by atoms with Crippen molar-refractivity contribution in [3.8, 4) is 0 Å². The van der Waals surface area contributed by atoms with Gasteiger partial charge in [0, 0.05) is 0 Å². The van der Waals surface area contributed by atoms with Crippen LogP contribution < -0.4 is 0 Å². The Hall–Kier alpha value is 0.507. The summed E-state index contributed by atoms with van der Waals surface area (Å²) >= 11 is 0. The maximum atomic E-state index is 12.0. The molecule has 0 aromatic heterocycles. The Kier molecular flexibility index (Phi) is 6.59. The van der Waals surface area contributed by atoms with Gasteiger partial charge in [0.05, 0.1) is 0 Å². The predicted molar refractivity (Wildman–Crippen MR) is 42.2 cm³/mol. The van der Waals surface area contributed by atoms with Crippen molar-refractivity contribution in [2.24, 2.45) is 0 Å². The Morgan fingerprint density at radius 1 is 0.941 bits per heavy atom. The first kappa shape index (κ1) is 19.8. The summed E-state index contributed by atoms with van der Waals surface area (Å²) in [7, 11) is -12.0. The number of halogens is 5. The normalized spacial score (nSPS) is 17.2. The summed E-state index contributed by atoms with van der Waals surface area (Å²) in [6.07, 6.45) is -12.4. The van der Waals surface area contributed by atoms with E-state index in [9.17, 15) is 31.1 Å². The quantitative estimate of drug-likeness (QED) is 0.398. The van der Waals surface area contributed by atoms with Gasteiger partial charge in [-0.3, -0.25) is 0 Å². The number of alkyl halides is 5. The van der Waals surface area contributed by atoms with E-state index in [0.29, 0.717) is 0 Å². The standard InChI is InChI=1S/C2H3F5O7P2.Li.H/c3-1(4,5)2(6,7)13-16(11,12)14-15(8,9)10;;/h(H,11,12)(H2,8,9,10);;. The first-order valence-corrected chi connectivity index (χ1v) is 5.94. The minimum absolute atomic E-state index is 0. The molecule has 0 aliphatic heterocycles. The van der Waals surface area contributed by atoms with E-state index >= 15 is 0 Å². The van der Waals surface area contributed by atoms with Gasteiger partial charge in [-0.2, -0.15) is 26.3 Å². The Bertz CT molecular complexity index is 349. The molecular formula is C2H4F5LiO7P2. The van der Waals surface area contributed by atoms with Gasteiger partial charge < -0.3 is 14.7 Å². The molecule has 0 aliphatic carbocycles. The van der Waals surface area contributed by atoms with Crippen molar-refractivity contribution in [3.63, 3.8) is 0 Å². The number of phosphoric ester groups is 1. The Balaban J connectivity index is 0. The van der Waals surface area contributed by atoms with Crippen LogP contribution in [-0.2, 0) is 18.0 Å². The third kappa shape index (κ3) is 7.51. The zero-order valence-electron chi connectivity index (χ0n) is 6.76.